The zero-order chi connectivity index (χ0) is 15.3. The van der Waals surface area contributed by atoms with E-state index in [1.54, 1.807) is 19.9 Å². The minimum Gasteiger partial charge on any atom is -0.466 e. The maximum atomic E-state index is 12.9. The second-order valence-corrected chi connectivity index (χ2v) is 4.12. The summed E-state index contributed by atoms with van der Waals surface area (Å²) in [4.78, 5) is 11.4. The summed E-state index contributed by atoms with van der Waals surface area (Å²) in [5.41, 5.74) is -0.903. The molecule has 0 N–H and O–H groups in total. The number of benzene rings is 1. The van der Waals surface area contributed by atoms with E-state index in [0.717, 1.165) is 6.07 Å². The van der Waals surface area contributed by atoms with Crippen molar-refractivity contribution in [3.05, 3.63) is 34.4 Å². The Morgan fingerprint density at radius 2 is 2.00 bits per heavy atom. The van der Waals surface area contributed by atoms with Crippen LogP contribution in [0.2, 0.25) is 0 Å². The molecular weight excluding hydrogens is 271 g/mol. The molecule has 0 amide bonds. The number of esters is 1. The van der Waals surface area contributed by atoms with E-state index in [4.69, 9.17) is 10.00 Å². The standard InChI is InChI=1S/C14H14F3NO2/c1-3-10-5-9(7-13(19)20-4-2)6-12(11(10)8-18)14(15,16)17/h5-6H,3-4,7H2,1-2H3. The second-order valence-electron chi connectivity index (χ2n) is 4.12. The first-order chi connectivity index (χ1) is 9.33. The number of carbonyl (C=O) groups is 1. The van der Waals surface area contributed by atoms with Crippen molar-refractivity contribution in [1.82, 2.24) is 0 Å². The number of halogens is 3. The van der Waals surface area contributed by atoms with E-state index in [1.807, 2.05) is 0 Å². The lowest BCUT2D eigenvalue weighted by molar-refractivity contribution is -0.142. The number of hydrogen-bond donors (Lipinski definition) is 0. The van der Waals surface area contributed by atoms with Crippen LogP contribution in [0.4, 0.5) is 13.2 Å². The largest absolute Gasteiger partial charge is 0.466 e. The Labute approximate surface area is 115 Å². The van der Waals surface area contributed by atoms with Crippen molar-refractivity contribution in [3.8, 4) is 6.07 Å². The van der Waals surface area contributed by atoms with E-state index in [9.17, 15) is 18.0 Å². The van der Waals surface area contributed by atoms with Crippen molar-refractivity contribution < 1.29 is 22.7 Å². The predicted octanol–water partition coefficient (Wildman–Crippen LogP) is 3.25. The van der Waals surface area contributed by atoms with Gasteiger partial charge >= 0.3 is 12.1 Å². The molecule has 108 valence electrons. The number of hydrogen-bond acceptors (Lipinski definition) is 3. The summed E-state index contributed by atoms with van der Waals surface area (Å²) >= 11 is 0. The minimum absolute atomic E-state index is 0.169. The summed E-state index contributed by atoms with van der Waals surface area (Å²) < 4.78 is 43.6. The predicted molar refractivity (Wildman–Crippen MR) is 65.9 cm³/mol. The first kappa shape index (κ1) is 16.0. The summed E-state index contributed by atoms with van der Waals surface area (Å²) in [5, 5.41) is 8.91. The van der Waals surface area contributed by atoms with Gasteiger partial charge in [-0.1, -0.05) is 13.0 Å². The number of rotatable bonds is 4. The molecule has 0 aliphatic heterocycles. The van der Waals surface area contributed by atoms with Crippen LogP contribution in [-0.2, 0) is 28.5 Å². The highest BCUT2D eigenvalue weighted by Crippen LogP contribution is 2.34. The molecule has 0 aliphatic carbocycles. The van der Waals surface area contributed by atoms with Crippen molar-refractivity contribution in [2.24, 2.45) is 0 Å². The van der Waals surface area contributed by atoms with Gasteiger partial charge in [0, 0.05) is 0 Å². The van der Waals surface area contributed by atoms with Crippen LogP contribution in [-0.4, -0.2) is 12.6 Å². The highest BCUT2D eigenvalue weighted by atomic mass is 19.4. The Balaban J connectivity index is 3.30. The molecule has 0 aromatic heterocycles. The molecule has 0 saturated heterocycles. The van der Waals surface area contributed by atoms with Crippen LogP contribution >= 0.6 is 0 Å². The fraction of sp³-hybridized carbons (Fsp3) is 0.429. The van der Waals surface area contributed by atoms with Crippen LogP contribution in [0.15, 0.2) is 12.1 Å². The first-order valence-electron chi connectivity index (χ1n) is 6.12. The number of aryl methyl sites for hydroxylation is 1. The molecule has 1 aromatic carbocycles. The maximum absolute atomic E-state index is 12.9. The average molecular weight is 285 g/mol. The zero-order valence-corrected chi connectivity index (χ0v) is 11.2. The zero-order valence-electron chi connectivity index (χ0n) is 11.2. The third-order valence-electron chi connectivity index (χ3n) is 2.73. The summed E-state index contributed by atoms with van der Waals surface area (Å²) in [5.74, 6) is -0.590. The normalized spacial score (nSPS) is 11.0. The van der Waals surface area contributed by atoms with Crippen LogP contribution in [0.5, 0.6) is 0 Å². The van der Waals surface area contributed by atoms with Gasteiger partial charge in [0.25, 0.3) is 0 Å². The monoisotopic (exact) mass is 285 g/mol. The van der Waals surface area contributed by atoms with Crippen LogP contribution in [0.1, 0.15) is 36.1 Å². The summed E-state index contributed by atoms with van der Waals surface area (Å²) in [6.45, 7) is 3.45. The van der Waals surface area contributed by atoms with Gasteiger partial charge in [-0.25, -0.2) is 0 Å². The molecule has 6 heteroatoms. The minimum atomic E-state index is -4.63. The van der Waals surface area contributed by atoms with E-state index in [0.29, 0.717) is 0 Å². The Morgan fingerprint density at radius 3 is 2.45 bits per heavy atom. The Bertz CT molecular complexity index is 545. The van der Waals surface area contributed by atoms with Crippen LogP contribution in [0, 0.1) is 11.3 Å². The molecule has 0 spiro atoms. The lowest BCUT2D eigenvalue weighted by atomic mass is 9.95. The molecule has 0 bridgehead atoms. The number of nitrogens with zero attached hydrogens (tertiary/aromatic N) is 1. The number of alkyl halides is 3. The van der Waals surface area contributed by atoms with E-state index < -0.39 is 17.7 Å². The molecule has 0 saturated carbocycles. The van der Waals surface area contributed by atoms with Gasteiger partial charge in [-0.05, 0) is 30.5 Å². The smallest absolute Gasteiger partial charge is 0.417 e. The summed E-state index contributed by atoms with van der Waals surface area (Å²) in [7, 11) is 0. The van der Waals surface area contributed by atoms with E-state index in [1.165, 1.54) is 6.07 Å². The van der Waals surface area contributed by atoms with Gasteiger partial charge in [0.15, 0.2) is 0 Å². The van der Waals surface area contributed by atoms with Gasteiger partial charge in [-0.3, -0.25) is 4.79 Å². The molecule has 1 aromatic rings. The van der Waals surface area contributed by atoms with Gasteiger partial charge in [-0.15, -0.1) is 0 Å². The second kappa shape index (κ2) is 6.42. The lowest BCUT2D eigenvalue weighted by Crippen LogP contribution is -2.13. The number of nitriles is 1. The van der Waals surface area contributed by atoms with E-state index >= 15 is 0 Å². The van der Waals surface area contributed by atoms with Crippen molar-refractivity contribution in [2.45, 2.75) is 32.9 Å². The molecule has 0 heterocycles. The molecule has 0 atom stereocenters. The fourth-order valence-electron chi connectivity index (χ4n) is 1.88. The summed E-state index contributed by atoms with van der Waals surface area (Å²) in [6, 6.07) is 3.88. The fourth-order valence-corrected chi connectivity index (χ4v) is 1.88. The quantitative estimate of drug-likeness (QED) is 0.798. The van der Waals surface area contributed by atoms with Crippen molar-refractivity contribution in [3.63, 3.8) is 0 Å². The van der Waals surface area contributed by atoms with Crippen LogP contribution in [0.3, 0.4) is 0 Å². The third kappa shape index (κ3) is 3.73. The molecule has 0 radical (unpaired) electrons. The molecule has 0 aliphatic rings. The highest BCUT2D eigenvalue weighted by Gasteiger charge is 2.35. The molecule has 1 rings (SSSR count). The Morgan fingerprint density at radius 1 is 1.35 bits per heavy atom. The van der Waals surface area contributed by atoms with Gasteiger partial charge in [0.2, 0.25) is 0 Å². The number of carbonyl (C=O) groups excluding carboxylic acids is 1. The molecule has 0 fully saturated rings. The maximum Gasteiger partial charge on any atom is 0.417 e. The molecule has 3 nitrogen and oxygen atoms in total. The molecule has 0 unspecified atom stereocenters. The third-order valence-corrected chi connectivity index (χ3v) is 2.73. The number of ether oxygens (including phenoxy) is 1. The van der Waals surface area contributed by atoms with Crippen molar-refractivity contribution in [2.75, 3.05) is 6.61 Å². The topological polar surface area (TPSA) is 50.1 Å². The Hall–Kier alpha value is -2.03. The van der Waals surface area contributed by atoms with Crippen molar-refractivity contribution in [1.29, 1.82) is 5.26 Å². The van der Waals surface area contributed by atoms with Gasteiger partial charge in [0.05, 0.1) is 24.2 Å². The molecular formula is C14H14F3NO2. The first-order valence-corrected chi connectivity index (χ1v) is 6.12. The Kier molecular flexibility index (Phi) is 5.14. The summed E-state index contributed by atoms with van der Waals surface area (Å²) in [6.07, 6.45) is -4.59. The van der Waals surface area contributed by atoms with E-state index in [-0.39, 0.29) is 36.1 Å². The van der Waals surface area contributed by atoms with Gasteiger partial charge < -0.3 is 4.74 Å². The van der Waals surface area contributed by atoms with Crippen molar-refractivity contribution >= 4 is 5.97 Å². The van der Waals surface area contributed by atoms with E-state index in [2.05, 4.69) is 0 Å². The van der Waals surface area contributed by atoms with Crippen LogP contribution in [0.25, 0.3) is 0 Å². The average Bonchev–Trinajstić information content (AvgIpc) is 2.36. The SMILES string of the molecule is CCOC(=O)Cc1cc(CC)c(C#N)c(C(F)(F)F)c1. The van der Waals surface area contributed by atoms with Gasteiger partial charge in [0.1, 0.15) is 6.07 Å². The molecule has 20 heavy (non-hydrogen) atoms. The highest BCUT2D eigenvalue weighted by molar-refractivity contribution is 5.73. The van der Waals surface area contributed by atoms with Gasteiger partial charge in [-0.2, -0.15) is 18.4 Å². The van der Waals surface area contributed by atoms with Crippen LogP contribution < -0.4 is 0 Å². The lowest BCUT2D eigenvalue weighted by Gasteiger charge is -2.14.